The molecule has 0 saturated carbocycles. The van der Waals surface area contributed by atoms with Crippen LogP contribution in [0.2, 0.25) is 0 Å². The van der Waals surface area contributed by atoms with Gasteiger partial charge in [0.1, 0.15) is 5.82 Å². The predicted octanol–water partition coefficient (Wildman–Crippen LogP) is 1.44. The zero-order chi connectivity index (χ0) is 13.0. The third-order valence-corrected chi connectivity index (χ3v) is 3.17. The Kier molecular flexibility index (Phi) is 4.36. The Bertz CT molecular complexity index is 373. The first-order valence-electron chi connectivity index (χ1n) is 6.64. The van der Waals surface area contributed by atoms with Crippen LogP contribution in [0.5, 0.6) is 0 Å². The smallest absolute Gasteiger partial charge is 0.226 e. The van der Waals surface area contributed by atoms with Crippen LogP contribution >= 0.6 is 0 Å². The highest BCUT2D eigenvalue weighted by Crippen LogP contribution is 2.12. The Balaban J connectivity index is 1.89. The highest BCUT2D eigenvalue weighted by Gasteiger charge is 2.14. The van der Waals surface area contributed by atoms with Crippen molar-refractivity contribution in [1.29, 1.82) is 0 Å². The standard InChI is InChI=1S/C13H23N5/c1-11(10-18-8-4-5-9-18)15-12-6-7-14-13(16-12)17(2)3/h6-7,11H,4-5,8-10H2,1-3H3,(H,14,15,16). The van der Waals surface area contributed by atoms with Gasteiger partial charge < -0.3 is 15.1 Å². The first kappa shape index (κ1) is 13.1. The molecule has 0 radical (unpaired) electrons. The molecular weight excluding hydrogens is 226 g/mol. The van der Waals surface area contributed by atoms with Crippen molar-refractivity contribution in [2.24, 2.45) is 0 Å². The SMILES string of the molecule is CC(CN1CCCC1)Nc1ccnc(N(C)C)n1. The first-order chi connectivity index (χ1) is 8.65. The molecule has 0 bridgehead atoms. The maximum absolute atomic E-state index is 4.47. The summed E-state index contributed by atoms with van der Waals surface area (Å²) >= 11 is 0. The lowest BCUT2D eigenvalue weighted by Crippen LogP contribution is -2.33. The van der Waals surface area contributed by atoms with E-state index in [1.807, 2.05) is 25.1 Å². The monoisotopic (exact) mass is 249 g/mol. The van der Waals surface area contributed by atoms with Crippen molar-refractivity contribution in [3.63, 3.8) is 0 Å². The van der Waals surface area contributed by atoms with Gasteiger partial charge in [0.15, 0.2) is 0 Å². The molecule has 100 valence electrons. The average molecular weight is 249 g/mol. The number of aromatic nitrogens is 2. The van der Waals surface area contributed by atoms with Gasteiger partial charge in [-0.25, -0.2) is 4.98 Å². The fourth-order valence-electron chi connectivity index (χ4n) is 2.29. The Morgan fingerprint density at radius 1 is 1.39 bits per heavy atom. The zero-order valence-electron chi connectivity index (χ0n) is 11.6. The maximum Gasteiger partial charge on any atom is 0.226 e. The van der Waals surface area contributed by atoms with Crippen LogP contribution in [0, 0.1) is 0 Å². The van der Waals surface area contributed by atoms with Crippen LogP contribution in [0.15, 0.2) is 12.3 Å². The van der Waals surface area contributed by atoms with Crippen molar-refractivity contribution in [2.45, 2.75) is 25.8 Å². The van der Waals surface area contributed by atoms with Crippen molar-refractivity contribution in [3.8, 4) is 0 Å². The van der Waals surface area contributed by atoms with E-state index >= 15 is 0 Å². The molecule has 0 aliphatic carbocycles. The Morgan fingerprint density at radius 3 is 2.78 bits per heavy atom. The highest BCUT2D eigenvalue weighted by molar-refractivity contribution is 5.40. The summed E-state index contributed by atoms with van der Waals surface area (Å²) in [6.07, 6.45) is 4.48. The van der Waals surface area contributed by atoms with Gasteiger partial charge in [-0.05, 0) is 38.9 Å². The molecule has 1 atom stereocenters. The second kappa shape index (κ2) is 6.00. The van der Waals surface area contributed by atoms with Gasteiger partial charge in [0.25, 0.3) is 0 Å². The van der Waals surface area contributed by atoms with E-state index < -0.39 is 0 Å². The van der Waals surface area contributed by atoms with Crippen molar-refractivity contribution in [2.75, 3.05) is 43.9 Å². The summed E-state index contributed by atoms with van der Waals surface area (Å²) < 4.78 is 0. The summed E-state index contributed by atoms with van der Waals surface area (Å²) in [5.74, 6) is 1.65. The third kappa shape index (κ3) is 3.57. The summed E-state index contributed by atoms with van der Waals surface area (Å²) in [5.41, 5.74) is 0. The van der Waals surface area contributed by atoms with Crippen LogP contribution in [0.3, 0.4) is 0 Å². The second-order valence-electron chi connectivity index (χ2n) is 5.19. The first-order valence-corrected chi connectivity index (χ1v) is 6.64. The number of hydrogen-bond donors (Lipinski definition) is 1. The number of likely N-dealkylation sites (tertiary alicyclic amines) is 1. The molecular formula is C13H23N5. The molecule has 0 amide bonds. The van der Waals surface area contributed by atoms with E-state index in [1.54, 1.807) is 6.20 Å². The summed E-state index contributed by atoms with van der Waals surface area (Å²) in [6.45, 7) is 5.76. The zero-order valence-corrected chi connectivity index (χ0v) is 11.6. The molecule has 0 aromatic carbocycles. The van der Waals surface area contributed by atoms with Crippen molar-refractivity contribution in [3.05, 3.63) is 12.3 Å². The van der Waals surface area contributed by atoms with Gasteiger partial charge in [0.05, 0.1) is 0 Å². The van der Waals surface area contributed by atoms with E-state index in [1.165, 1.54) is 25.9 Å². The number of hydrogen-bond acceptors (Lipinski definition) is 5. The molecule has 1 aliphatic heterocycles. The van der Waals surface area contributed by atoms with Gasteiger partial charge in [-0.2, -0.15) is 4.98 Å². The molecule has 2 heterocycles. The van der Waals surface area contributed by atoms with Crippen LogP contribution in [0.1, 0.15) is 19.8 Å². The number of anilines is 2. The van der Waals surface area contributed by atoms with Gasteiger partial charge in [-0.3, -0.25) is 0 Å². The van der Waals surface area contributed by atoms with Crippen LogP contribution in [-0.4, -0.2) is 54.6 Å². The van der Waals surface area contributed by atoms with Gasteiger partial charge in [-0.15, -0.1) is 0 Å². The lowest BCUT2D eigenvalue weighted by Gasteiger charge is -2.22. The normalized spacial score (nSPS) is 17.7. The summed E-state index contributed by atoms with van der Waals surface area (Å²) in [5, 5.41) is 3.44. The van der Waals surface area contributed by atoms with Crippen molar-refractivity contribution >= 4 is 11.8 Å². The lowest BCUT2D eigenvalue weighted by molar-refractivity contribution is 0.327. The molecule has 18 heavy (non-hydrogen) atoms. The third-order valence-electron chi connectivity index (χ3n) is 3.17. The van der Waals surface area contributed by atoms with Crippen LogP contribution in [0.4, 0.5) is 11.8 Å². The van der Waals surface area contributed by atoms with Gasteiger partial charge in [0, 0.05) is 32.9 Å². The highest BCUT2D eigenvalue weighted by atomic mass is 15.2. The maximum atomic E-state index is 4.47. The predicted molar refractivity (Wildman–Crippen MR) is 75.1 cm³/mol. The van der Waals surface area contributed by atoms with E-state index in [2.05, 4.69) is 27.1 Å². The summed E-state index contributed by atoms with van der Waals surface area (Å²) in [6, 6.07) is 2.33. The number of nitrogens with zero attached hydrogens (tertiary/aromatic N) is 4. The average Bonchev–Trinajstić information content (AvgIpc) is 2.82. The molecule has 1 saturated heterocycles. The largest absolute Gasteiger partial charge is 0.366 e. The Labute approximate surface area is 109 Å². The molecule has 1 unspecified atom stereocenters. The van der Waals surface area contributed by atoms with Crippen LogP contribution in [-0.2, 0) is 0 Å². The van der Waals surface area contributed by atoms with Crippen molar-refractivity contribution in [1.82, 2.24) is 14.9 Å². The van der Waals surface area contributed by atoms with Gasteiger partial charge in [0.2, 0.25) is 5.95 Å². The van der Waals surface area contributed by atoms with E-state index in [-0.39, 0.29) is 0 Å². The van der Waals surface area contributed by atoms with E-state index in [0.717, 1.165) is 18.3 Å². The van der Waals surface area contributed by atoms with E-state index in [4.69, 9.17) is 0 Å². The molecule has 1 aromatic rings. The van der Waals surface area contributed by atoms with Gasteiger partial charge >= 0.3 is 0 Å². The Hall–Kier alpha value is -1.36. The number of rotatable bonds is 5. The van der Waals surface area contributed by atoms with Crippen molar-refractivity contribution < 1.29 is 0 Å². The molecule has 5 heteroatoms. The van der Waals surface area contributed by atoms with E-state index in [9.17, 15) is 0 Å². The molecule has 2 rings (SSSR count). The van der Waals surface area contributed by atoms with E-state index in [0.29, 0.717) is 6.04 Å². The fraction of sp³-hybridized carbons (Fsp3) is 0.692. The molecule has 5 nitrogen and oxygen atoms in total. The topological polar surface area (TPSA) is 44.3 Å². The summed E-state index contributed by atoms with van der Waals surface area (Å²) in [4.78, 5) is 13.1. The lowest BCUT2D eigenvalue weighted by atomic mass is 10.3. The molecule has 0 spiro atoms. The molecule has 1 aromatic heterocycles. The number of nitrogens with one attached hydrogen (secondary N) is 1. The Morgan fingerprint density at radius 2 is 2.11 bits per heavy atom. The fourth-order valence-corrected chi connectivity index (χ4v) is 2.29. The molecule has 1 aliphatic rings. The van der Waals surface area contributed by atoms with Crippen LogP contribution < -0.4 is 10.2 Å². The second-order valence-corrected chi connectivity index (χ2v) is 5.19. The minimum absolute atomic E-state index is 0.410. The molecule has 1 N–H and O–H groups in total. The van der Waals surface area contributed by atoms with Crippen LogP contribution in [0.25, 0.3) is 0 Å². The molecule has 1 fully saturated rings. The quantitative estimate of drug-likeness (QED) is 0.855. The van der Waals surface area contributed by atoms with Gasteiger partial charge in [-0.1, -0.05) is 0 Å². The summed E-state index contributed by atoms with van der Waals surface area (Å²) in [7, 11) is 3.90. The minimum atomic E-state index is 0.410. The minimum Gasteiger partial charge on any atom is -0.366 e.